The van der Waals surface area contributed by atoms with Crippen LogP contribution in [0.15, 0.2) is 154 Å². The van der Waals surface area contributed by atoms with Crippen molar-refractivity contribution in [1.82, 2.24) is 4.98 Å². The van der Waals surface area contributed by atoms with E-state index in [1.54, 1.807) is 18.2 Å². The van der Waals surface area contributed by atoms with E-state index in [0.717, 1.165) is 37.7 Å². The van der Waals surface area contributed by atoms with Gasteiger partial charge < -0.3 is 13.7 Å². The quantitative estimate of drug-likeness (QED) is 0.191. The second-order valence-electron chi connectivity index (χ2n) is 11.2. The van der Waals surface area contributed by atoms with Gasteiger partial charge in [0, 0.05) is 72.5 Å². The number of anilines is 3. The summed E-state index contributed by atoms with van der Waals surface area (Å²) in [5.41, 5.74) is 1.39. The number of benzene rings is 7. The summed E-state index contributed by atoms with van der Waals surface area (Å²) in [5, 5.41) is 1.29. The molecule has 7 aromatic carbocycles. The van der Waals surface area contributed by atoms with Crippen LogP contribution in [0.1, 0.15) is 19.2 Å². The van der Waals surface area contributed by atoms with E-state index in [1.165, 1.54) is 16.2 Å². The average Bonchev–Trinajstić information content (AvgIpc) is 4.06. The minimum atomic E-state index is -0.622. The number of nitrogens with zero attached hydrogens (tertiary/aromatic N) is 2. The van der Waals surface area contributed by atoms with Crippen molar-refractivity contribution in [2.75, 3.05) is 4.90 Å². The molecule has 0 saturated heterocycles. The highest BCUT2D eigenvalue weighted by molar-refractivity contribution is 7.19. The highest BCUT2D eigenvalue weighted by Gasteiger charge is 2.29. The van der Waals surface area contributed by atoms with Crippen LogP contribution in [-0.4, -0.2) is 4.98 Å². The first kappa shape index (κ1) is 16.1. The van der Waals surface area contributed by atoms with Gasteiger partial charge in [-0.1, -0.05) is 90.9 Å². The van der Waals surface area contributed by atoms with Gasteiger partial charge in [-0.2, -0.15) is 0 Å². The second kappa shape index (κ2) is 9.67. The van der Waals surface area contributed by atoms with Crippen LogP contribution in [-0.2, 0) is 0 Å². The fourth-order valence-corrected chi connectivity index (χ4v) is 7.63. The van der Waals surface area contributed by atoms with Gasteiger partial charge >= 0.3 is 0 Å². The van der Waals surface area contributed by atoms with Crippen molar-refractivity contribution < 1.29 is 28.0 Å². The molecule has 48 heavy (non-hydrogen) atoms. The SMILES string of the molecule is [2H]c1c([2H])c([2H])c2c(oc3c([2H])c(N(c4c([2H])c([2H])c5c(oc6c([2H])c([2H])c([2H])c([2H])c65)c4[2H])c4ccc5c6c(cccc46)-c4nc(-c6ccccc6)sc4-5)c([2H])c([2H])c32)c1[2H]. The van der Waals surface area contributed by atoms with E-state index in [1.807, 2.05) is 42.5 Å². The van der Waals surface area contributed by atoms with Crippen LogP contribution in [0.5, 0.6) is 0 Å². The molecule has 10 aromatic rings. The molecule has 0 saturated carbocycles. The van der Waals surface area contributed by atoms with Crippen molar-refractivity contribution in [3.8, 4) is 32.3 Å². The fraction of sp³-hybridized carbons (Fsp3) is 0. The summed E-state index contributed by atoms with van der Waals surface area (Å²) in [6.45, 7) is 0. The maximum atomic E-state index is 9.68. The molecule has 224 valence electrons. The fourth-order valence-electron chi connectivity index (χ4n) is 6.51. The summed E-state index contributed by atoms with van der Waals surface area (Å²) < 4.78 is 137. The molecule has 3 heterocycles. The monoisotopic (exact) mass is 646 g/mol. The summed E-state index contributed by atoms with van der Waals surface area (Å²) in [6.07, 6.45) is 0. The van der Waals surface area contributed by atoms with E-state index in [-0.39, 0.29) is 60.9 Å². The van der Waals surface area contributed by atoms with E-state index < -0.39 is 84.6 Å². The first-order valence-corrected chi connectivity index (χ1v) is 15.7. The van der Waals surface area contributed by atoms with Crippen LogP contribution in [0.3, 0.4) is 0 Å². The molecule has 5 heteroatoms. The minimum Gasteiger partial charge on any atom is -0.456 e. The molecule has 3 aromatic heterocycles. The lowest BCUT2D eigenvalue weighted by atomic mass is 10.0. The summed E-state index contributed by atoms with van der Waals surface area (Å²) in [6, 6.07) is 10.7. The number of rotatable bonds is 4. The Hall–Kier alpha value is -6.17. The Morgan fingerprint density at radius 1 is 0.562 bits per heavy atom. The predicted molar refractivity (Wildman–Crippen MR) is 199 cm³/mol. The first-order chi connectivity index (χ1) is 29.6. The third kappa shape index (κ3) is 3.62. The van der Waals surface area contributed by atoms with Gasteiger partial charge in [0.1, 0.15) is 27.3 Å². The molecule has 0 bridgehead atoms. The molecule has 11 rings (SSSR count). The van der Waals surface area contributed by atoms with Gasteiger partial charge in [-0.3, -0.25) is 0 Å². The zero-order valence-corrected chi connectivity index (χ0v) is 25.2. The Morgan fingerprint density at radius 2 is 1.21 bits per heavy atom. The number of hydrogen-bond donors (Lipinski definition) is 0. The molecule has 0 aliphatic heterocycles. The maximum absolute atomic E-state index is 9.68. The molecule has 0 N–H and O–H groups in total. The van der Waals surface area contributed by atoms with Crippen LogP contribution in [0.2, 0.25) is 0 Å². The predicted octanol–water partition coefficient (Wildman–Crippen LogP) is 12.9. The van der Waals surface area contributed by atoms with Crippen molar-refractivity contribution >= 4 is 83.0 Å². The van der Waals surface area contributed by atoms with Crippen molar-refractivity contribution in [2.24, 2.45) is 0 Å². The van der Waals surface area contributed by atoms with E-state index >= 15 is 0 Å². The summed E-state index contributed by atoms with van der Waals surface area (Å²) >= 11 is 1.51. The number of thiazole rings is 1. The first-order valence-electron chi connectivity index (χ1n) is 21.9. The van der Waals surface area contributed by atoms with Gasteiger partial charge in [0.25, 0.3) is 0 Å². The molecule has 4 nitrogen and oxygen atoms in total. The van der Waals surface area contributed by atoms with E-state index in [0.29, 0.717) is 5.39 Å². The minimum absolute atomic E-state index is 0.186. The van der Waals surface area contributed by atoms with Gasteiger partial charge in [0.2, 0.25) is 0 Å². The Balaban J connectivity index is 1.26. The largest absolute Gasteiger partial charge is 0.456 e. The molecular weight excluding hydrogens is 609 g/mol. The molecule has 0 atom stereocenters. The normalized spacial score (nSPS) is 16.2. The standard InChI is InChI=1S/C43H24N2O2S/c1-2-9-25(10-3-1)43-44-41-33-14-8-13-32-35(22-21-34(40(32)33)42(41)48-43)45(26-17-19-30-28-11-4-6-15-36(28)46-38(30)23-26)27-18-20-31-29-12-5-7-16-37(29)47-39(31)24-27/h1-24H/i4D,5D,6D,7D,11D,12D,15D,16D,17D,18D,19D,20D,23D,24D. The van der Waals surface area contributed by atoms with Gasteiger partial charge in [-0.05, 0) is 42.3 Å². The topological polar surface area (TPSA) is 42.4 Å². The van der Waals surface area contributed by atoms with Gasteiger partial charge in [-0.25, -0.2) is 4.98 Å². The lowest BCUT2D eigenvalue weighted by molar-refractivity contribution is 0.669. The zero-order valence-electron chi connectivity index (χ0n) is 38.4. The van der Waals surface area contributed by atoms with Crippen LogP contribution in [0, 0.1) is 0 Å². The van der Waals surface area contributed by atoms with Crippen molar-refractivity contribution in [3.63, 3.8) is 0 Å². The van der Waals surface area contributed by atoms with E-state index in [9.17, 15) is 8.22 Å². The van der Waals surface area contributed by atoms with Crippen LogP contribution in [0.4, 0.5) is 17.1 Å². The van der Waals surface area contributed by atoms with Crippen LogP contribution < -0.4 is 4.90 Å². The lowest BCUT2D eigenvalue weighted by Crippen LogP contribution is -2.10. The molecule has 0 spiro atoms. The average molecular weight is 647 g/mol. The van der Waals surface area contributed by atoms with Gasteiger partial charge in [-0.15, -0.1) is 11.3 Å². The van der Waals surface area contributed by atoms with Crippen molar-refractivity contribution in [2.45, 2.75) is 0 Å². The highest BCUT2D eigenvalue weighted by Crippen LogP contribution is 2.54. The Labute approximate surface area is 298 Å². The maximum Gasteiger partial charge on any atom is 0.137 e. The Bertz CT molecular complexity index is 3530. The number of fused-ring (bicyclic) bond motifs is 9. The molecule has 1 aliphatic rings. The molecule has 0 radical (unpaired) electrons. The van der Waals surface area contributed by atoms with Crippen LogP contribution >= 0.6 is 11.3 Å². The third-order valence-corrected chi connectivity index (χ3v) is 9.74. The Morgan fingerprint density at radius 3 is 1.90 bits per heavy atom. The second-order valence-corrected chi connectivity index (χ2v) is 12.2. The smallest absolute Gasteiger partial charge is 0.137 e. The molecule has 0 unspecified atom stereocenters. The molecule has 1 aliphatic carbocycles. The van der Waals surface area contributed by atoms with Crippen molar-refractivity contribution in [3.05, 3.63) is 145 Å². The Kier molecular flexibility index (Phi) is 3.24. The van der Waals surface area contributed by atoms with Gasteiger partial charge in [0.05, 0.1) is 35.4 Å². The molecular formula is C43H24N2O2S. The lowest BCUT2D eigenvalue weighted by Gasteiger charge is -2.27. The molecule has 0 fully saturated rings. The van der Waals surface area contributed by atoms with Crippen molar-refractivity contribution in [1.29, 1.82) is 0 Å². The summed E-state index contributed by atoms with van der Waals surface area (Å²) in [7, 11) is 0. The number of aromatic nitrogens is 1. The number of para-hydroxylation sites is 2. The summed E-state index contributed by atoms with van der Waals surface area (Å²) in [4.78, 5) is 7.17. The number of furan rings is 2. The summed E-state index contributed by atoms with van der Waals surface area (Å²) in [5.74, 6) is 0. The van der Waals surface area contributed by atoms with Gasteiger partial charge in [0.15, 0.2) is 0 Å². The van der Waals surface area contributed by atoms with E-state index in [2.05, 4.69) is 0 Å². The highest BCUT2D eigenvalue weighted by atomic mass is 32.1. The zero-order chi connectivity index (χ0) is 43.5. The molecule has 0 amide bonds. The van der Waals surface area contributed by atoms with E-state index in [4.69, 9.17) is 24.8 Å². The van der Waals surface area contributed by atoms with Crippen LogP contribution in [0.25, 0.3) is 86.9 Å². The third-order valence-electron chi connectivity index (χ3n) is 8.60. The number of hydrogen-bond acceptors (Lipinski definition) is 5.